The van der Waals surface area contributed by atoms with Gasteiger partial charge in [0.15, 0.2) is 23.1 Å². The monoisotopic (exact) mass is 1790 g/mol. The summed E-state index contributed by atoms with van der Waals surface area (Å²) >= 11 is 51.6. The third-order valence-corrected chi connectivity index (χ3v) is 23.2. The number of phenolic OH excluding ortho intramolecular Hbond substituents is 10. The fourth-order valence-corrected chi connectivity index (χ4v) is 15.7. The molecule has 0 saturated carbocycles. The van der Waals surface area contributed by atoms with E-state index >= 15 is 0 Å². The SMILES string of the molecule is CCCCCCc1cc(Cl)c(O)c(C(=O)c2cc(Br)co2)c1O.CCCCCCc1cc(Cl)c(O)c(C(=O)c2cc(Cl)c(Cl)s2)c1O.CCCCCCc1cc(Cl)c(O)c(CC(=O)c2cc(Cl)c(Cl)[nH]2)c1O.Cc1cc(C)c(O)c(C(=O)C2=Cc3ccccc3C2)c1O.Cc1cc(Cl)c(O)c(C(=O)C2=Cc3ccccc3C2)c1O. The topological polar surface area (TPSA) is 317 Å². The summed E-state index contributed by atoms with van der Waals surface area (Å²) in [5, 5.41) is 103. The van der Waals surface area contributed by atoms with Crippen molar-refractivity contribution in [2.75, 3.05) is 0 Å². The van der Waals surface area contributed by atoms with Gasteiger partial charge in [-0.25, -0.2) is 0 Å². The molecule has 3 heterocycles. The second-order valence-electron chi connectivity index (χ2n) is 27.3. The van der Waals surface area contributed by atoms with Gasteiger partial charge in [0.1, 0.15) is 95.5 Å². The maximum Gasteiger partial charge on any atom is 0.235 e. The highest BCUT2D eigenvalue weighted by molar-refractivity contribution is 9.10. The second-order valence-corrected chi connectivity index (χ2v) is 32.7. The molecule has 11 N–H and O–H groups in total. The first kappa shape index (κ1) is 91.0. The van der Waals surface area contributed by atoms with Gasteiger partial charge in [0.2, 0.25) is 11.6 Å². The average molecular weight is 1800 g/mol. The van der Waals surface area contributed by atoms with Gasteiger partial charge >= 0.3 is 0 Å². The summed E-state index contributed by atoms with van der Waals surface area (Å²) in [6.07, 6.45) is 20.0. The average Bonchev–Trinajstić information content (AvgIpc) is 1.68. The molecule has 0 bridgehead atoms. The molecule has 3 aromatic heterocycles. The first-order valence-corrected chi connectivity index (χ1v) is 41.2. The number of furan rings is 1. The lowest BCUT2D eigenvalue weighted by atomic mass is 9.95. The molecule has 0 unspecified atom stereocenters. The largest absolute Gasteiger partial charge is 0.507 e. The molecule has 0 radical (unpaired) electrons. The van der Waals surface area contributed by atoms with E-state index in [9.17, 15) is 75.0 Å². The van der Waals surface area contributed by atoms with Crippen molar-refractivity contribution in [3.63, 3.8) is 0 Å². The first-order valence-electron chi connectivity index (χ1n) is 36.6. The van der Waals surface area contributed by atoms with Crippen molar-refractivity contribution in [3.05, 3.63) is 258 Å². The third-order valence-electron chi connectivity index (χ3n) is 19.0. The molecule has 12 rings (SSSR count). The van der Waals surface area contributed by atoms with Crippen LogP contribution in [0.5, 0.6) is 57.5 Å². The summed E-state index contributed by atoms with van der Waals surface area (Å²) in [5.74, 6) is -4.80. The summed E-state index contributed by atoms with van der Waals surface area (Å²) in [5.41, 5.74) is 8.40. The van der Waals surface area contributed by atoms with E-state index in [-0.39, 0.29) is 148 Å². The highest BCUT2D eigenvalue weighted by Crippen LogP contribution is 2.46. The number of nitrogens with one attached hydrogen (secondary N) is 1. The number of aromatic hydroxyl groups is 10. The minimum Gasteiger partial charge on any atom is -0.507 e. The maximum atomic E-state index is 12.7. The number of hydrogen-bond acceptors (Lipinski definition) is 17. The first-order chi connectivity index (χ1) is 54.1. The quantitative estimate of drug-likeness (QED) is 0.0177. The highest BCUT2D eigenvalue weighted by Gasteiger charge is 2.31. The van der Waals surface area contributed by atoms with Crippen molar-refractivity contribution in [1.82, 2.24) is 4.98 Å². The fraction of sp³-hybridized carbons (Fsp3) is 0.276. The van der Waals surface area contributed by atoms with Crippen LogP contribution in [0.2, 0.25) is 39.6 Å². The summed E-state index contributed by atoms with van der Waals surface area (Å²) in [4.78, 5) is 65.7. The van der Waals surface area contributed by atoms with E-state index in [0.717, 1.165) is 111 Å². The lowest BCUT2D eigenvalue weighted by molar-refractivity contribution is 0.0982. The molecule has 0 amide bonds. The van der Waals surface area contributed by atoms with Crippen LogP contribution >= 0.6 is 120 Å². The summed E-state index contributed by atoms with van der Waals surface area (Å²) in [7, 11) is 0. The van der Waals surface area contributed by atoms with Gasteiger partial charge in [0.05, 0.1) is 45.2 Å². The molecule has 114 heavy (non-hydrogen) atoms. The zero-order valence-corrected chi connectivity index (χ0v) is 71.4. The number of hydrogen-bond donors (Lipinski definition) is 11. The predicted molar refractivity (Wildman–Crippen MR) is 458 cm³/mol. The number of H-pyrrole nitrogens is 1. The predicted octanol–water partition coefficient (Wildman–Crippen LogP) is 25.3. The van der Waals surface area contributed by atoms with E-state index in [4.69, 9.17) is 97.2 Å². The van der Waals surface area contributed by atoms with Crippen LogP contribution in [0.25, 0.3) is 12.2 Å². The van der Waals surface area contributed by atoms with Gasteiger partial charge in [-0.15, -0.1) is 11.3 Å². The van der Waals surface area contributed by atoms with Crippen LogP contribution in [0.4, 0.5) is 0 Å². The fourth-order valence-electron chi connectivity index (χ4n) is 12.8. The van der Waals surface area contributed by atoms with Gasteiger partial charge in [0, 0.05) is 42.0 Å². The Kier molecular flexibility index (Phi) is 33.4. The maximum absolute atomic E-state index is 12.7. The van der Waals surface area contributed by atoms with Crippen LogP contribution in [0.3, 0.4) is 0 Å². The summed E-state index contributed by atoms with van der Waals surface area (Å²) in [6, 6.07) is 27.5. The van der Waals surface area contributed by atoms with E-state index in [1.807, 2.05) is 54.6 Å². The van der Waals surface area contributed by atoms with Gasteiger partial charge in [-0.05, 0) is 185 Å². The molecule has 2 aliphatic carbocycles. The Balaban J connectivity index is 0.000000179. The number of aryl methyl sites for hydroxylation is 6. The molecule has 0 fully saturated rings. The van der Waals surface area contributed by atoms with Crippen LogP contribution < -0.4 is 0 Å². The normalized spacial score (nSPS) is 11.7. The van der Waals surface area contributed by atoms with Crippen molar-refractivity contribution in [3.8, 4) is 57.5 Å². The number of aromatic amines is 1. The summed E-state index contributed by atoms with van der Waals surface area (Å²) in [6.45, 7) is 11.4. The number of ketones is 5. The van der Waals surface area contributed by atoms with Gasteiger partial charge in [-0.2, -0.15) is 0 Å². The standard InChI is InChI=1S/C18H20Cl3NO3.C18H16O3.C17H18BrClO4.C17H17Cl3O3S.C17H13ClO3/c1-2-3-4-5-6-10-7-12(19)17(25)11(16(10)24)8-15(23)14-9-13(20)18(21)22-14;1-10-7-11(2)17(20)15(16(10)19)18(21)14-8-12-5-3-4-6-13(12)9-14;1-2-3-4-5-6-10-7-12(19)16(21)14(15(10)20)17(22)13-8-11(18)9-23-13;1-2-3-4-5-6-9-7-10(18)15(22)13(14(9)21)16(23)12-8-11(19)17(20)24-12;1-9-6-13(18)17(21)14(15(9)19)16(20)12-7-10-4-2-3-5-11(10)8-12/h7,9,22,24-25H,2-6,8H2,1H3;3-8,19-20H,9H2,1-2H3;7-9,20-21H,2-6H2,1H3;7-8,21-22H,2-6H2,1H3;2-7,19,21H,8H2,1H3. The molecule has 27 heteroatoms. The molecular formula is C87H84BrCl8NO16S. The molecule has 2 aliphatic rings. The van der Waals surface area contributed by atoms with Crippen molar-refractivity contribution in [1.29, 1.82) is 0 Å². The van der Waals surface area contributed by atoms with Crippen LogP contribution in [-0.2, 0) is 38.5 Å². The number of Topliss-reactive ketones (excluding diaryl/α,β-unsaturated/α-hetero) is 3. The third kappa shape index (κ3) is 22.3. The van der Waals surface area contributed by atoms with Crippen molar-refractivity contribution in [2.24, 2.45) is 0 Å². The van der Waals surface area contributed by atoms with Crippen molar-refractivity contribution in [2.45, 2.75) is 157 Å². The number of aromatic nitrogens is 1. The van der Waals surface area contributed by atoms with Gasteiger partial charge in [0.25, 0.3) is 0 Å². The minimum atomic E-state index is -0.608. The number of carbonyl (C=O) groups is 5. The number of rotatable bonds is 26. The number of fused-ring (bicyclic) bond motifs is 2. The van der Waals surface area contributed by atoms with Crippen molar-refractivity contribution >= 4 is 161 Å². The number of halogens is 9. The Morgan fingerprint density at radius 3 is 1.24 bits per heavy atom. The van der Waals surface area contributed by atoms with E-state index in [1.165, 1.54) is 42.7 Å². The molecule has 602 valence electrons. The van der Waals surface area contributed by atoms with E-state index < -0.39 is 28.8 Å². The Labute approximate surface area is 712 Å². The van der Waals surface area contributed by atoms with Gasteiger partial charge in [-0.1, -0.05) is 220 Å². The molecular weight excluding hydrogens is 1710 g/mol. The van der Waals surface area contributed by atoms with Crippen molar-refractivity contribution < 1.29 is 79.5 Å². The van der Waals surface area contributed by atoms with Crippen LogP contribution in [0, 0.1) is 20.8 Å². The lowest BCUT2D eigenvalue weighted by Crippen LogP contribution is -2.06. The molecule has 0 aliphatic heterocycles. The van der Waals surface area contributed by atoms with Crippen LogP contribution in [-0.4, -0.2) is 85.0 Å². The number of allylic oxidation sites excluding steroid dienone is 2. The number of carbonyl (C=O) groups excluding carboxylic acids is 5. The molecule has 0 atom stereocenters. The zero-order valence-electron chi connectivity index (χ0n) is 62.9. The van der Waals surface area contributed by atoms with Gasteiger partial charge in [-0.3, -0.25) is 24.0 Å². The second kappa shape index (κ2) is 41.8. The molecule has 0 spiro atoms. The van der Waals surface area contributed by atoms with Crippen LogP contribution in [0.15, 0.2) is 123 Å². The molecule has 7 aromatic carbocycles. The smallest absolute Gasteiger partial charge is 0.235 e. The van der Waals surface area contributed by atoms with E-state index in [1.54, 1.807) is 39.0 Å². The molecule has 17 nitrogen and oxygen atoms in total. The Morgan fingerprint density at radius 2 is 0.833 bits per heavy atom. The van der Waals surface area contributed by atoms with Crippen LogP contribution in [0.1, 0.15) is 222 Å². The van der Waals surface area contributed by atoms with E-state index in [2.05, 4.69) is 41.7 Å². The Bertz CT molecular complexity index is 5100. The minimum absolute atomic E-state index is 0.00607. The number of phenols is 10. The number of unbranched alkanes of at least 4 members (excludes halogenated alkanes) is 9. The number of benzene rings is 7. The Hall–Kier alpha value is -8.57. The molecule has 0 saturated heterocycles. The number of thiophene rings is 1. The van der Waals surface area contributed by atoms with E-state index in [0.29, 0.717) is 81.1 Å². The summed E-state index contributed by atoms with van der Waals surface area (Å²) < 4.78 is 6.00. The lowest BCUT2D eigenvalue weighted by Gasteiger charge is -2.13. The van der Waals surface area contributed by atoms with Gasteiger partial charge < -0.3 is 60.5 Å². The zero-order chi connectivity index (χ0) is 83.7. The molecule has 10 aromatic rings. The highest BCUT2D eigenvalue weighted by atomic mass is 79.9. The Morgan fingerprint density at radius 1 is 0.430 bits per heavy atom.